The molecule has 1 fully saturated rings. The molecule has 1 aromatic heterocycles. The molecule has 2 aromatic rings. The first-order valence-electron chi connectivity index (χ1n) is 5.98. The molecule has 98 valence electrons. The molecule has 0 spiro atoms. The topological polar surface area (TPSA) is 81.2 Å². The van der Waals surface area contributed by atoms with Crippen molar-refractivity contribution >= 4 is 16.9 Å². The fourth-order valence-electron chi connectivity index (χ4n) is 2.14. The van der Waals surface area contributed by atoms with E-state index in [1.165, 1.54) is 23.8 Å². The van der Waals surface area contributed by atoms with E-state index in [1.807, 2.05) is 0 Å². The first kappa shape index (κ1) is 11.7. The Morgan fingerprint density at radius 2 is 2.11 bits per heavy atom. The van der Waals surface area contributed by atoms with Gasteiger partial charge in [0.1, 0.15) is 0 Å². The Labute approximate surface area is 107 Å². The smallest absolute Gasteiger partial charge is 0.337 e. The molecule has 0 radical (unpaired) electrons. The highest BCUT2D eigenvalue weighted by Crippen LogP contribution is 2.32. The molecule has 0 bridgehead atoms. The molecule has 3 rings (SSSR count). The van der Waals surface area contributed by atoms with Crippen LogP contribution in [-0.2, 0) is 4.74 Å². The minimum atomic E-state index is -0.505. The van der Waals surface area contributed by atoms with Gasteiger partial charge in [0.05, 0.1) is 23.6 Å². The monoisotopic (exact) mass is 260 g/mol. The van der Waals surface area contributed by atoms with Crippen LogP contribution in [0.2, 0.25) is 0 Å². The second kappa shape index (κ2) is 4.08. The molecule has 6 nitrogen and oxygen atoms in total. The van der Waals surface area contributed by atoms with Crippen LogP contribution in [-0.4, -0.2) is 22.6 Å². The Hall–Kier alpha value is -2.37. The summed E-state index contributed by atoms with van der Waals surface area (Å²) in [6.45, 7) is 0. The van der Waals surface area contributed by atoms with Crippen molar-refractivity contribution in [2.24, 2.45) is 0 Å². The summed E-state index contributed by atoms with van der Waals surface area (Å²) in [5.74, 6) is -0.505. The number of H-pyrrole nitrogens is 1. The number of hydrogen-bond donors (Lipinski definition) is 1. The lowest BCUT2D eigenvalue weighted by Crippen LogP contribution is -2.34. The normalized spacial score (nSPS) is 14.6. The minimum Gasteiger partial charge on any atom is -0.465 e. The van der Waals surface area contributed by atoms with Gasteiger partial charge < -0.3 is 9.72 Å². The summed E-state index contributed by atoms with van der Waals surface area (Å²) < 4.78 is 5.85. The number of aromatic nitrogens is 2. The lowest BCUT2D eigenvalue weighted by molar-refractivity contribution is 0.0601. The Kier molecular flexibility index (Phi) is 2.51. The maximum Gasteiger partial charge on any atom is 0.337 e. The predicted molar refractivity (Wildman–Crippen MR) is 68.4 cm³/mol. The number of carbonyl (C=O) groups is 1. The molecular weight excluding hydrogens is 248 g/mol. The zero-order valence-electron chi connectivity index (χ0n) is 10.3. The molecule has 0 saturated heterocycles. The molecule has 1 heterocycles. The van der Waals surface area contributed by atoms with E-state index in [2.05, 4.69) is 9.72 Å². The third-order valence-electron chi connectivity index (χ3n) is 3.26. The number of rotatable bonds is 2. The first-order chi connectivity index (χ1) is 9.11. The second-order valence-electron chi connectivity index (χ2n) is 4.59. The summed E-state index contributed by atoms with van der Waals surface area (Å²) in [5, 5.41) is 0.402. The van der Waals surface area contributed by atoms with Crippen molar-refractivity contribution in [2.45, 2.75) is 18.9 Å². The van der Waals surface area contributed by atoms with Crippen molar-refractivity contribution in [1.29, 1.82) is 0 Å². The van der Waals surface area contributed by atoms with Crippen LogP contribution in [0.25, 0.3) is 10.9 Å². The van der Waals surface area contributed by atoms with Crippen LogP contribution in [0.4, 0.5) is 0 Å². The van der Waals surface area contributed by atoms with Gasteiger partial charge in [-0.2, -0.15) is 0 Å². The van der Waals surface area contributed by atoms with Crippen molar-refractivity contribution in [2.75, 3.05) is 7.11 Å². The average Bonchev–Trinajstić information content (AvgIpc) is 3.21. The van der Waals surface area contributed by atoms with E-state index in [-0.39, 0.29) is 11.6 Å². The molecule has 1 saturated carbocycles. The molecular formula is C13H12N2O4. The van der Waals surface area contributed by atoms with Crippen molar-refractivity contribution in [3.05, 3.63) is 44.6 Å². The Morgan fingerprint density at radius 3 is 2.74 bits per heavy atom. The number of fused-ring (bicyclic) bond motifs is 1. The van der Waals surface area contributed by atoms with Crippen molar-refractivity contribution in [1.82, 2.24) is 9.55 Å². The van der Waals surface area contributed by atoms with Crippen LogP contribution < -0.4 is 11.2 Å². The molecule has 0 atom stereocenters. The summed E-state index contributed by atoms with van der Waals surface area (Å²) in [4.78, 5) is 38.1. The van der Waals surface area contributed by atoms with Gasteiger partial charge in [-0.05, 0) is 31.0 Å². The van der Waals surface area contributed by atoms with Gasteiger partial charge in [-0.15, -0.1) is 0 Å². The highest BCUT2D eigenvalue weighted by molar-refractivity contribution is 5.93. The number of ether oxygens (including phenoxy) is 1. The van der Waals surface area contributed by atoms with Gasteiger partial charge in [0.2, 0.25) is 0 Å². The lowest BCUT2D eigenvalue weighted by Gasteiger charge is -2.05. The molecule has 1 aromatic carbocycles. The van der Waals surface area contributed by atoms with Crippen molar-refractivity contribution in [3.8, 4) is 0 Å². The zero-order valence-corrected chi connectivity index (χ0v) is 10.3. The molecule has 0 amide bonds. The van der Waals surface area contributed by atoms with E-state index in [9.17, 15) is 14.4 Å². The Bertz CT molecular complexity index is 783. The molecule has 1 aliphatic rings. The van der Waals surface area contributed by atoms with E-state index < -0.39 is 11.7 Å². The quantitative estimate of drug-likeness (QED) is 0.810. The second-order valence-corrected chi connectivity index (χ2v) is 4.59. The third-order valence-corrected chi connectivity index (χ3v) is 3.26. The number of nitrogens with one attached hydrogen (secondary N) is 1. The number of hydrogen-bond acceptors (Lipinski definition) is 4. The maximum atomic E-state index is 12.2. The molecule has 6 heteroatoms. The van der Waals surface area contributed by atoms with Gasteiger partial charge in [0.15, 0.2) is 0 Å². The maximum absolute atomic E-state index is 12.2. The van der Waals surface area contributed by atoms with E-state index in [1.54, 1.807) is 6.07 Å². The van der Waals surface area contributed by atoms with Crippen LogP contribution in [0, 0.1) is 0 Å². The highest BCUT2D eigenvalue weighted by Gasteiger charge is 2.27. The first-order valence-corrected chi connectivity index (χ1v) is 5.98. The van der Waals surface area contributed by atoms with Crippen LogP contribution in [0.5, 0.6) is 0 Å². The number of nitrogens with zero attached hydrogens (tertiary/aromatic N) is 1. The van der Waals surface area contributed by atoms with E-state index in [4.69, 9.17) is 0 Å². The summed E-state index contributed by atoms with van der Waals surface area (Å²) in [5.41, 5.74) is -0.0799. The largest absolute Gasteiger partial charge is 0.465 e. The van der Waals surface area contributed by atoms with Crippen LogP contribution >= 0.6 is 0 Å². The summed E-state index contributed by atoms with van der Waals surface area (Å²) in [7, 11) is 1.28. The zero-order chi connectivity index (χ0) is 13.6. The van der Waals surface area contributed by atoms with Gasteiger partial charge in [-0.3, -0.25) is 9.36 Å². The highest BCUT2D eigenvalue weighted by atomic mass is 16.5. The number of carbonyl (C=O) groups excluding carboxylic acids is 1. The Morgan fingerprint density at radius 1 is 1.37 bits per heavy atom. The van der Waals surface area contributed by atoms with Crippen molar-refractivity contribution < 1.29 is 9.53 Å². The van der Waals surface area contributed by atoms with Crippen LogP contribution in [0.1, 0.15) is 29.2 Å². The number of methoxy groups -OCH3 is 1. The molecule has 0 unspecified atom stereocenters. The summed E-state index contributed by atoms with van der Waals surface area (Å²) in [6.07, 6.45) is 1.71. The number of esters is 1. The molecule has 19 heavy (non-hydrogen) atoms. The van der Waals surface area contributed by atoms with E-state index >= 15 is 0 Å². The standard InChI is InChI=1S/C13H12N2O4/c1-19-12(17)7-2-5-9-10(6-7)14-13(18)15(11(9)16)8-3-4-8/h2,5-6,8H,3-4H2,1H3,(H,14,18). The van der Waals surface area contributed by atoms with Crippen LogP contribution in [0.15, 0.2) is 27.8 Å². The fraction of sp³-hybridized carbons (Fsp3) is 0.308. The number of benzene rings is 1. The van der Waals surface area contributed by atoms with Crippen LogP contribution in [0.3, 0.4) is 0 Å². The molecule has 0 aliphatic heterocycles. The minimum absolute atomic E-state index is 0.0148. The SMILES string of the molecule is COC(=O)c1ccc2c(=O)n(C3CC3)c(=O)[nH]c2c1. The van der Waals surface area contributed by atoms with E-state index in [0.29, 0.717) is 16.5 Å². The van der Waals surface area contributed by atoms with E-state index in [0.717, 1.165) is 12.8 Å². The molecule has 1 N–H and O–H groups in total. The fourth-order valence-corrected chi connectivity index (χ4v) is 2.14. The van der Waals surface area contributed by atoms with Gasteiger partial charge in [-0.1, -0.05) is 0 Å². The van der Waals surface area contributed by atoms with Gasteiger partial charge in [-0.25, -0.2) is 9.59 Å². The number of aromatic amines is 1. The molecule has 1 aliphatic carbocycles. The van der Waals surface area contributed by atoms with Crippen molar-refractivity contribution in [3.63, 3.8) is 0 Å². The van der Waals surface area contributed by atoms with Gasteiger partial charge in [0.25, 0.3) is 5.56 Å². The third kappa shape index (κ3) is 1.85. The van der Waals surface area contributed by atoms with Gasteiger partial charge >= 0.3 is 11.7 Å². The average molecular weight is 260 g/mol. The lowest BCUT2D eigenvalue weighted by atomic mass is 10.1. The van der Waals surface area contributed by atoms with Gasteiger partial charge in [0, 0.05) is 6.04 Å². The summed E-state index contributed by atoms with van der Waals surface area (Å²) >= 11 is 0. The Balaban J connectivity index is 2.26. The summed E-state index contributed by atoms with van der Waals surface area (Å²) in [6, 6.07) is 4.53. The predicted octanol–water partition coefficient (Wildman–Crippen LogP) is 0.811.